The molecule has 0 aliphatic carbocycles. The van der Waals surface area contributed by atoms with Crippen molar-refractivity contribution in [3.05, 3.63) is 18.2 Å². The van der Waals surface area contributed by atoms with Crippen molar-refractivity contribution in [3.63, 3.8) is 0 Å². The molecule has 3 rings (SSSR count). The molecule has 7 heteroatoms. The molecule has 0 saturated carbocycles. The number of aliphatic carboxylic acids is 1. The second-order valence-electron chi connectivity index (χ2n) is 5.74. The van der Waals surface area contributed by atoms with Crippen LogP contribution < -0.4 is 14.8 Å². The Bertz CT molecular complexity index is 631. The van der Waals surface area contributed by atoms with Crippen molar-refractivity contribution < 1.29 is 28.9 Å². The summed E-state index contributed by atoms with van der Waals surface area (Å²) in [6.45, 7) is 0. The molecule has 23 heavy (non-hydrogen) atoms. The maximum absolute atomic E-state index is 12.5. The summed E-state index contributed by atoms with van der Waals surface area (Å²) in [4.78, 5) is 24.0. The van der Waals surface area contributed by atoms with Crippen LogP contribution in [0, 0.1) is 11.8 Å². The van der Waals surface area contributed by atoms with E-state index in [9.17, 15) is 14.7 Å². The summed E-state index contributed by atoms with van der Waals surface area (Å²) in [6.07, 6.45) is 0.736. The lowest BCUT2D eigenvalue weighted by Gasteiger charge is -2.24. The maximum Gasteiger partial charge on any atom is 0.310 e. The SMILES string of the molecule is COc1ccc(NC(=O)[C@@H]2[C@@H](C(=O)O)[C@H]3CC[C@H]2O3)cc1OC. The number of benzene rings is 1. The van der Waals surface area contributed by atoms with Gasteiger partial charge in [-0.15, -0.1) is 0 Å². The highest BCUT2D eigenvalue weighted by atomic mass is 16.5. The number of hydrogen-bond donors (Lipinski definition) is 2. The number of carboxylic acids is 1. The first-order valence-corrected chi connectivity index (χ1v) is 7.46. The first kappa shape index (κ1) is 15.6. The van der Waals surface area contributed by atoms with Gasteiger partial charge in [-0.05, 0) is 25.0 Å². The number of amides is 1. The van der Waals surface area contributed by atoms with Gasteiger partial charge in [0.1, 0.15) is 0 Å². The van der Waals surface area contributed by atoms with Crippen LogP contribution in [0.25, 0.3) is 0 Å². The predicted octanol–water partition coefficient (Wildman–Crippen LogP) is 1.52. The van der Waals surface area contributed by atoms with Crippen molar-refractivity contribution >= 4 is 17.6 Å². The average Bonchev–Trinajstić information content (AvgIpc) is 3.15. The molecule has 2 fully saturated rings. The second-order valence-corrected chi connectivity index (χ2v) is 5.74. The lowest BCUT2D eigenvalue weighted by atomic mass is 9.78. The summed E-state index contributed by atoms with van der Waals surface area (Å²) < 4.78 is 16.0. The minimum atomic E-state index is -0.982. The van der Waals surface area contributed by atoms with E-state index in [0.717, 1.165) is 6.42 Å². The van der Waals surface area contributed by atoms with Gasteiger partial charge in [-0.25, -0.2) is 0 Å². The van der Waals surface area contributed by atoms with Crippen molar-refractivity contribution in [2.75, 3.05) is 19.5 Å². The van der Waals surface area contributed by atoms with Gasteiger partial charge < -0.3 is 24.6 Å². The van der Waals surface area contributed by atoms with E-state index in [0.29, 0.717) is 23.6 Å². The quantitative estimate of drug-likeness (QED) is 0.854. The molecule has 0 unspecified atom stereocenters. The van der Waals surface area contributed by atoms with Gasteiger partial charge in [0.2, 0.25) is 5.91 Å². The Labute approximate surface area is 133 Å². The van der Waals surface area contributed by atoms with E-state index >= 15 is 0 Å². The van der Waals surface area contributed by atoms with E-state index in [2.05, 4.69) is 5.32 Å². The van der Waals surface area contributed by atoms with E-state index < -0.39 is 17.8 Å². The van der Waals surface area contributed by atoms with Crippen molar-refractivity contribution in [2.24, 2.45) is 11.8 Å². The van der Waals surface area contributed by atoms with Crippen LogP contribution in [0.2, 0.25) is 0 Å². The fourth-order valence-corrected chi connectivity index (χ4v) is 3.46. The molecule has 2 bridgehead atoms. The number of methoxy groups -OCH3 is 2. The smallest absolute Gasteiger partial charge is 0.310 e. The van der Waals surface area contributed by atoms with Gasteiger partial charge in [-0.2, -0.15) is 0 Å². The van der Waals surface area contributed by atoms with E-state index in [1.807, 2.05) is 0 Å². The lowest BCUT2D eigenvalue weighted by molar-refractivity contribution is -0.147. The molecule has 1 aromatic carbocycles. The zero-order chi connectivity index (χ0) is 16.6. The van der Waals surface area contributed by atoms with Gasteiger partial charge in [0.05, 0.1) is 38.3 Å². The molecule has 0 radical (unpaired) electrons. The van der Waals surface area contributed by atoms with Crippen molar-refractivity contribution in [3.8, 4) is 11.5 Å². The van der Waals surface area contributed by atoms with Gasteiger partial charge in [-0.1, -0.05) is 0 Å². The number of rotatable bonds is 5. The van der Waals surface area contributed by atoms with E-state index in [4.69, 9.17) is 14.2 Å². The van der Waals surface area contributed by atoms with Crippen molar-refractivity contribution in [2.45, 2.75) is 25.0 Å². The summed E-state index contributed by atoms with van der Waals surface area (Å²) in [6, 6.07) is 5.00. The third kappa shape index (κ3) is 2.72. The second kappa shape index (κ2) is 6.08. The monoisotopic (exact) mass is 321 g/mol. The number of anilines is 1. The lowest BCUT2D eigenvalue weighted by Crippen LogP contribution is -2.40. The number of nitrogens with one attached hydrogen (secondary N) is 1. The molecule has 2 aliphatic rings. The highest BCUT2D eigenvalue weighted by Gasteiger charge is 2.55. The minimum Gasteiger partial charge on any atom is -0.493 e. The number of carboxylic acid groups (broad SMARTS) is 1. The van der Waals surface area contributed by atoms with Crippen LogP contribution in [-0.4, -0.2) is 43.4 Å². The standard InChI is InChI=1S/C16H19NO6/c1-21-9-4-3-8(7-12(9)22-2)17-15(18)13-10-5-6-11(23-10)14(13)16(19)20/h3-4,7,10-11,13-14H,5-6H2,1-2H3,(H,17,18)(H,19,20)/t10-,11-,13+,14+/m1/s1. The summed E-state index contributed by atoms with van der Waals surface area (Å²) in [5.74, 6) is -1.73. The Hall–Kier alpha value is -2.28. The largest absolute Gasteiger partial charge is 0.493 e. The van der Waals surface area contributed by atoms with Crippen LogP contribution >= 0.6 is 0 Å². The maximum atomic E-state index is 12.5. The van der Waals surface area contributed by atoms with E-state index in [1.54, 1.807) is 18.2 Å². The molecule has 2 saturated heterocycles. The number of carbonyl (C=O) groups excluding carboxylic acids is 1. The van der Waals surface area contributed by atoms with Crippen LogP contribution in [0.15, 0.2) is 18.2 Å². The van der Waals surface area contributed by atoms with Gasteiger partial charge in [-0.3, -0.25) is 9.59 Å². The molecule has 4 atom stereocenters. The molecule has 1 amide bonds. The first-order chi connectivity index (χ1) is 11.0. The Kier molecular flexibility index (Phi) is 4.12. The van der Waals surface area contributed by atoms with E-state index in [-0.39, 0.29) is 18.1 Å². The van der Waals surface area contributed by atoms with Crippen LogP contribution in [-0.2, 0) is 14.3 Å². The summed E-state index contributed by atoms with van der Waals surface area (Å²) in [5, 5.41) is 12.1. The number of hydrogen-bond acceptors (Lipinski definition) is 5. The van der Waals surface area contributed by atoms with Gasteiger partial charge in [0, 0.05) is 11.8 Å². The van der Waals surface area contributed by atoms with Crippen LogP contribution in [0.3, 0.4) is 0 Å². The number of carbonyl (C=O) groups is 2. The zero-order valence-electron chi connectivity index (χ0n) is 12.9. The molecule has 2 heterocycles. The average molecular weight is 321 g/mol. The molecule has 124 valence electrons. The van der Waals surface area contributed by atoms with Gasteiger partial charge in [0.25, 0.3) is 0 Å². The third-order valence-electron chi connectivity index (χ3n) is 4.51. The molecule has 2 N–H and O–H groups in total. The van der Waals surface area contributed by atoms with Crippen LogP contribution in [0.1, 0.15) is 12.8 Å². The van der Waals surface area contributed by atoms with Crippen LogP contribution in [0.4, 0.5) is 5.69 Å². The van der Waals surface area contributed by atoms with Gasteiger partial charge in [0.15, 0.2) is 11.5 Å². The molecule has 7 nitrogen and oxygen atoms in total. The molecular weight excluding hydrogens is 302 g/mol. The molecular formula is C16H19NO6. The Morgan fingerprint density at radius 3 is 2.39 bits per heavy atom. The third-order valence-corrected chi connectivity index (χ3v) is 4.51. The van der Waals surface area contributed by atoms with E-state index in [1.165, 1.54) is 14.2 Å². The topological polar surface area (TPSA) is 94.1 Å². The molecule has 2 aliphatic heterocycles. The van der Waals surface area contributed by atoms with Crippen LogP contribution in [0.5, 0.6) is 11.5 Å². The Morgan fingerprint density at radius 2 is 1.78 bits per heavy atom. The summed E-state index contributed by atoms with van der Waals surface area (Å²) in [7, 11) is 3.04. The fourth-order valence-electron chi connectivity index (χ4n) is 3.46. The Morgan fingerprint density at radius 1 is 1.13 bits per heavy atom. The highest BCUT2D eigenvalue weighted by molar-refractivity contribution is 5.96. The highest BCUT2D eigenvalue weighted by Crippen LogP contribution is 2.44. The number of ether oxygens (including phenoxy) is 3. The van der Waals surface area contributed by atoms with Crippen molar-refractivity contribution in [1.29, 1.82) is 0 Å². The summed E-state index contributed by atoms with van der Waals surface area (Å²) in [5.41, 5.74) is 0.527. The summed E-state index contributed by atoms with van der Waals surface area (Å²) >= 11 is 0. The molecule has 1 aromatic rings. The normalized spacial score (nSPS) is 28.4. The fraction of sp³-hybridized carbons (Fsp3) is 0.500. The predicted molar refractivity (Wildman–Crippen MR) is 80.7 cm³/mol. The van der Waals surface area contributed by atoms with Gasteiger partial charge >= 0.3 is 5.97 Å². The number of fused-ring (bicyclic) bond motifs is 2. The molecule has 0 spiro atoms. The first-order valence-electron chi connectivity index (χ1n) is 7.46. The zero-order valence-corrected chi connectivity index (χ0v) is 12.9. The van der Waals surface area contributed by atoms with Crippen molar-refractivity contribution in [1.82, 2.24) is 0 Å². The molecule has 0 aromatic heterocycles. The Balaban J connectivity index is 1.78. The minimum absolute atomic E-state index is 0.318.